The molecule has 2 N–H and O–H groups in total. The van der Waals surface area contributed by atoms with E-state index in [1.807, 2.05) is 54.6 Å². The molecule has 4 atom stereocenters. The maximum absolute atomic E-state index is 12.8. The molecule has 2 aromatic carbocycles. The topological polar surface area (TPSA) is 91.3 Å². The number of likely N-dealkylation sites (tertiary alicyclic amines) is 1. The zero-order valence-corrected chi connectivity index (χ0v) is 18.5. The third-order valence-electron chi connectivity index (χ3n) is 6.77. The number of rotatable bonds is 4. The molecule has 2 fully saturated rings. The molecular weight excluding hydrogens is 430 g/mol. The first-order chi connectivity index (χ1) is 15.6. The highest BCUT2D eigenvalue weighted by Gasteiger charge is 2.69. The number of methoxy groups -OCH3 is 1. The minimum Gasteiger partial charge on any atom is -0.453 e. The summed E-state index contributed by atoms with van der Waals surface area (Å²) in [6.45, 7) is 0.681. The summed E-state index contributed by atoms with van der Waals surface area (Å²) in [5.74, 6) is 0.284. The fourth-order valence-corrected chi connectivity index (χ4v) is 6.31. The van der Waals surface area contributed by atoms with Crippen LogP contribution in [0.15, 0.2) is 54.6 Å². The number of ether oxygens (including phenoxy) is 2. The number of fused-ring (bicyclic) bond motifs is 1. The van der Waals surface area contributed by atoms with E-state index in [2.05, 4.69) is 5.32 Å². The van der Waals surface area contributed by atoms with E-state index in [0.29, 0.717) is 13.0 Å². The molecule has 8 nitrogen and oxygen atoms in total. The van der Waals surface area contributed by atoms with Gasteiger partial charge in [0.1, 0.15) is 12.8 Å². The lowest BCUT2D eigenvalue weighted by Crippen LogP contribution is -2.50. The quantitative estimate of drug-likeness (QED) is 0.675. The summed E-state index contributed by atoms with van der Waals surface area (Å²) >= 11 is 1.02. The molecule has 3 aliphatic heterocycles. The van der Waals surface area contributed by atoms with Crippen LogP contribution in [0.1, 0.15) is 17.5 Å². The molecule has 2 aromatic rings. The van der Waals surface area contributed by atoms with E-state index in [1.165, 1.54) is 12.2 Å². The van der Waals surface area contributed by atoms with Crippen LogP contribution in [0.25, 0.3) is 0 Å². The first-order valence-corrected chi connectivity index (χ1v) is 11.6. The lowest BCUT2D eigenvalue weighted by Gasteiger charge is -2.31. The molecule has 32 heavy (non-hydrogen) atoms. The van der Waals surface area contributed by atoms with Crippen molar-refractivity contribution in [3.05, 3.63) is 65.7 Å². The molecule has 0 bridgehead atoms. The zero-order valence-electron chi connectivity index (χ0n) is 17.6. The Hall–Kier alpha value is -2.75. The lowest BCUT2D eigenvalue weighted by molar-refractivity contribution is -0.114. The van der Waals surface area contributed by atoms with Gasteiger partial charge in [0.2, 0.25) is 0 Å². The molecule has 2 saturated heterocycles. The van der Waals surface area contributed by atoms with Crippen molar-refractivity contribution < 1.29 is 24.3 Å². The van der Waals surface area contributed by atoms with E-state index >= 15 is 0 Å². The number of carbonyl (C=O) groups is 2. The second kappa shape index (κ2) is 8.31. The van der Waals surface area contributed by atoms with Crippen molar-refractivity contribution in [1.29, 1.82) is 0 Å². The smallest absolute Gasteiger partial charge is 0.411 e. The van der Waals surface area contributed by atoms with Gasteiger partial charge in [-0.25, -0.2) is 9.59 Å². The highest BCUT2D eigenvalue weighted by atomic mass is 32.2. The molecule has 0 saturated carbocycles. The molecule has 168 valence electrons. The molecule has 1 amide bonds. The standard InChI is InChI=1S/C23H25N3O5S/c1-30-21(27)26-18(14-32-22(28)31-13-15-7-3-2-4-8-15)19-23(11-12-25(19)29)16-9-5-6-10-17(16)24-20(23)26/h2-10,18-20,24,29H,11-14H2,1H3/t18-,19-,20-,23?/m0/s1. The van der Waals surface area contributed by atoms with E-state index < -0.39 is 22.9 Å². The monoisotopic (exact) mass is 455 g/mol. The number of benzene rings is 2. The minimum atomic E-state index is -0.485. The molecule has 9 heteroatoms. The van der Waals surface area contributed by atoms with Gasteiger partial charge in [-0.15, -0.1) is 0 Å². The Morgan fingerprint density at radius 2 is 1.94 bits per heavy atom. The van der Waals surface area contributed by atoms with Crippen LogP contribution in [0.2, 0.25) is 0 Å². The number of hydrogen-bond acceptors (Lipinski definition) is 8. The van der Waals surface area contributed by atoms with Crippen molar-refractivity contribution in [3.63, 3.8) is 0 Å². The van der Waals surface area contributed by atoms with Gasteiger partial charge < -0.3 is 20.0 Å². The summed E-state index contributed by atoms with van der Waals surface area (Å²) in [6, 6.07) is 16.6. The predicted octanol–water partition coefficient (Wildman–Crippen LogP) is 3.66. The maximum atomic E-state index is 12.8. The molecule has 3 aliphatic rings. The van der Waals surface area contributed by atoms with Gasteiger partial charge >= 0.3 is 11.4 Å². The predicted molar refractivity (Wildman–Crippen MR) is 120 cm³/mol. The summed E-state index contributed by atoms with van der Waals surface area (Å²) in [6.07, 6.45) is -0.156. The third-order valence-corrected chi connectivity index (χ3v) is 7.63. The van der Waals surface area contributed by atoms with Gasteiger partial charge in [-0.1, -0.05) is 48.5 Å². The number of amides is 1. The Bertz CT molecular complexity index is 1020. The Kier molecular flexibility index (Phi) is 5.48. The summed E-state index contributed by atoms with van der Waals surface area (Å²) in [7, 11) is 1.35. The van der Waals surface area contributed by atoms with Crippen LogP contribution in [-0.2, 0) is 21.5 Å². The second-order valence-corrected chi connectivity index (χ2v) is 9.23. The fraction of sp³-hybridized carbons (Fsp3) is 0.391. The van der Waals surface area contributed by atoms with Crippen molar-refractivity contribution in [3.8, 4) is 0 Å². The van der Waals surface area contributed by atoms with Crippen LogP contribution in [0.4, 0.5) is 15.3 Å². The van der Waals surface area contributed by atoms with E-state index in [0.717, 1.165) is 28.6 Å². The van der Waals surface area contributed by atoms with Gasteiger partial charge in [0.15, 0.2) is 0 Å². The van der Waals surface area contributed by atoms with E-state index in [9.17, 15) is 14.8 Å². The van der Waals surface area contributed by atoms with Crippen LogP contribution >= 0.6 is 11.8 Å². The SMILES string of the molecule is COC(=O)N1[C@@H](CSC(=O)OCc2ccccc2)[C@@H]2N(O)CCC23c2ccccc2N[C@@H]13. The van der Waals surface area contributed by atoms with E-state index in [-0.39, 0.29) is 24.6 Å². The average Bonchev–Trinajstić information content (AvgIpc) is 3.42. The summed E-state index contributed by atoms with van der Waals surface area (Å²) in [4.78, 5) is 26.9. The third kappa shape index (κ3) is 3.23. The van der Waals surface area contributed by atoms with Crippen LogP contribution in [0.5, 0.6) is 0 Å². The molecule has 1 spiro atoms. The molecule has 1 unspecified atom stereocenters. The summed E-state index contributed by atoms with van der Waals surface area (Å²) in [5, 5.41) is 15.2. The van der Waals surface area contributed by atoms with Gasteiger partial charge in [0, 0.05) is 18.0 Å². The molecular formula is C23H25N3O5S. The Morgan fingerprint density at radius 3 is 2.72 bits per heavy atom. The number of anilines is 1. The van der Waals surface area contributed by atoms with Crippen LogP contribution in [0.3, 0.4) is 0 Å². The van der Waals surface area contributed by atoms with Crippen LogP contribution in [-0.4, -0.2) is 64.2 Å². The second-order valence-electron chi connectivity index (χ2n) is 8.27. The number of nitrogens with zero attached hydrogens (tertiary/aromatic N) is 2. The molecule has 0 aromatic heterocycles. The fourth-order valence-electron chi connectivity index (χ4n) is 5.52. The van der Waals surface area contributed by atoms with Gasteiger partial charge in [-0.2, -0.15) is 5.06 Å². The van der Waals surface area contributed by atoms with Gasteiger partial charge in [0.25, 0.3) is 0 Å². The van der Waals surface area contributed by atoms with Gasteiger partial charge in [-0.05, 0) is 35.4 Å². The van der Waals surface area contributed by atoms with Gasteiger partial charge in [0.05, 0.1) is 24.6 Å². The molecule has 0 radical (unpaired) electrons. The Labute approximate surface area is 190 Å². The first-order valence-electron chi connectivity index (χ1n) is 10.6. The Morgan fingerprint density at radius 1 is 1.19 bits per heavy atom. The highest BCUT2D eigenvalue weighted by Crippen LogP contribution is 2.57. The first kappa shape index (κ1) is 21.1. The van der Waals surface area contributed by atoms with Crippen LogP contribution in [0, 0.1) is 0 Å². The van der Waals surface area contributed by atoms with E-state index in [4.69, 9.17) is 9.47 Å². The Balaban J connectivity index is 1.38. The number of para-hydroxylation sites is 1. The summed E-state index contributed by atoms with van der Waals surface area (Å²) in [5.41, 5.74) is 2.48. The van der Waals surface area contributed by atoms with Crippen molar-refractivity contribution in [2.75, 3.05) is 24.7 Å². The van der Waals surface area contributed by atoms with Crippen molar-refractivity contribution in [2.45, 2.75) is 36.7 Å². The minimum absolute atomic E-state index is 0.190. The number of hydrogen-bond donors (Lipinski definition) is 2. The normalized spacial score (nSPS) is 27.9. The van der Waals surface area contributed by atoms with Crippen molar-refractivity contribution >= 4 is 28.8 Å². The number of thioether (sulfide) groups is 1. The highest BCUT2D eigenvalue weighted by molar-refractivity contribution is 8.13. The zero-order chi connectivity index (χ0) is 22.3. The molecule has 0 aliphatic carbocycles. The maximum Gasteiger partial charge on any atom is 0.411 e. The molecule has 5 rings (SSSR count). The van der Waals surface area contributed by atoms with Gasteiger partial charge in [-0.3, -0.25) is 4.90 Å². The van der Waals surface area contributed by atoms with Crippen molar-refractivity contribution in [2.24, 2.45) is 0 Å². The van der Waals surface area contributed by atoms with E-state index in [1.54, 1.807) is 4.90 Å². The number of nitrogens with one attached hydrogen (secondary N) is 1. The summed E-state index contributed by atoms with van der Waals surface area (Å²) < 4.78 is 10.5. The number of hydroxylamine groups is 2. The van der Waals surface area contributed by atoms with Crippen molar-refractivity contribution in [1.82, 2.24) is 9.96 Å². The lowest BCUT2D eigenvalue weighted by atomic mass is 9.75. The largest absolute Gasteiger partial charge is 0.453 e. The molecule has 3 heterocycles. The number of carbonyl (C=O) groups excluding carboxylic acids is 2. The average molecular weight is 456 g/mol. The van der Waals surface area contributed by atoms with Crippen LogP contribution < -0.4 is 5.32 Å².